The van der Waals surface area contributed by atoms with E-state index < -0.39 is 23.4 Å². The van der Waals surface area contributed by atoms with Gasteiger partial charge in [-0.1, -0.05) is 0 Å². The lowest BCUT2D eigenvalue weighted by Crippen LogP contribution is -2.27. The van der Waals surface area contributed by atoms with E-state index in [-0.39, 0.29) is 18.8 Å². The van der Waals surface area contributed by atoms with Crippen molar-refractivity contribution in [2.75, 3.05) is 20.3 Å². The van der Waals surface area contributed by atoms with Crippen molar-refractivity contribution in [2.24, 2.45) is 5.92 Å². The molecule has 0 aromatic heterocycles. The van der Waals surface area contributed by atoms with Crippen molar-refractivity contribution in [2.45, 2.75) is 13.3 Å². The van der Waals surface area contributed by atoms with Crippen LogP contribution in [0.2, 0.25) is 0 Å². The number of hydrogen-bond donors (Lipinski definition) is 0. The van der Waals surface area contributed by atoms with Crippen molar-refractivity contribution in [1.82, 2.24) is 0 Å². The normalized spacial score (nSPS) is 11.5. The zero-order valence-electron chi connectivity index (χ0n) is 11.9. The van der Waals surface area contributed by atoms with Crippen molar-refractivity contribution in [3.8, 4) is 5.75 Å². The van der Waals surface area contributed by atoms with Crippen molar-refractivity contribution >= 4 is 11.8 Å². The molecule has 21 heavy (non-hydrogen) atoms. The predicted molar refractivity (Wildman–Crippen MR) is 73.9 cm³/mol. The summed E-state index contributed by atoms with van der Waals surface area (Å²) in [5, 5.41) is 10.6. The van der Waals surface area contributed by atoms with Crippen LogP contribution in [-0.2, 0) is 9.53 Å². The highest BCUT2D eigenvalue weighted by molar-refractivity contribution is 5.98. The summed E-state index contributed by atoms with van der Waals surface area (Å²) in [6.45, 7) is 1.09. The van der Waals surface area contributed by atoms with Crippen LogP contribution in [0.3, 0.4) is 0 Å². The molecule has 0 heterocycles. The molecule has 0 fully saturated rings. The zero-order valence-corrected chi connectivity index (χ0v) is 11.9. The highest BCUT2D eigenvalue weighted by Crippen LogP contribution is 2.16. The number of nitrogens with zero attached hydrogens (tertiary/aromatic N) is 1. The smallest absolute Gasteiger partial charge is 0.316 e. The second-order valence-electron chi connectivity index (χ2n) is 4.32. The molecule has 0 amide bonds. The molecule has 0 N–H and O–H groups in total. The summed E-state index contributed by atoms with van der Waals surface area (Å²) in [5.74, 6) is -1.55. The third kappa shape index (κ3) is 5.21. The van der Waals surface area contributed by atoms with Crippen molar-refractivity contribution in [1.29, 1.82) is 0 Å². The number of benzene rings is 1. The zero-order chi connectivity index (χ0) is 15.8. The number of carbonyl (C=O) groups is 2. The van der Waals surface area contributed by atoms with Gasteiger partial charge in [0.15, 0.2) is 5.78 Å². The Hall–Kier alpha value is -2.44. The fourth-order valence-corrected chi connectivity index (χ4v) is 1.78. The van der Waals surface area contributed by atoms with Crippen LogP contribution in [0.5, 0.6) is 5.75 Å². The summed E-state index contributed by atoms with van der Waals surface area (Å²) in [6.07, 6.45) is -0.258. The second kappa shape index (κ2) is 7.98. The molecule has 1 aromatic carbocycles. The van der Waals surface area contributed by atoms with E-state index in [2.05, 4.69) is 0 Å². The predicted octanol–water partition coefficient (Wildman–Crippen LogP) is 1.72. The maximum atomic E-state index is 12.1. The fraction of sp³-hybridized carbons (Fsp3) is 0.429. The number of ether oxygens (including phenoxy) is 2. The first-order valence-electron chi connectivity index (χ1n) is 6.43. The molecule has 0 saturated carbocycles. The minimum Gasteiger partial charge on any atom is -0.497 e. The Bertz CT molecular complexity index is 511. The van der Waals surface area contributed by atoms with E-state index in [9.17, 15) is 19.7 Å². The number of ketones is 1. The van der Waals surface area contributed by atoms with Crippen LogP contribution in [-0.4, -0.2) is 36.9 Å². The first kappa shape index (κ1) is 16.6. The van der Waals surface area contributed by atoms with Crippen molar-refractivity contribution in [3.05, 3.63) is 39.9 Å². The quantitative estimate of drug-likeness (QED) is 0.313. The Balaban J connectivity index is 2.78. The van der Waals surface area contributed by atoms with Crippen LogP contribution in [0.4, 0.5) is 0 Å². The van der Waals surface area contributed by atoms with Gasteiger partial charge in [-0.3, -0.25) is 19.7 Å². The Kier molecular flexibility index (Phi) is 6.32. The number of hydrogen-bond acceptors (Lipinski definition) is 6. The van der Waals surface area contributed by atoms with Crippen LogP contribution in [0, 0.1) is 16.0 Å². The van der Waals surface area contributed by atoms with Gasteiger partial charge in [0, 0.05) is 16.9 Å². The summed E-state index contributed by atoms with van der Waals surface area (Å²) >= 11 is 0. The van der Waals surface area contributed by atoms with E-state index in [1.807, 2.05) is 0 Å². The molecule has 0 radical (unpaired) electrons. The average molecular weight is 295 g/mol. The number of nitro groups is 1. The third-order valence-corrected chi connectivity index (χ3v) is 2.83. The maximum absolute atomic E-state index is 12.1. The van der Waals surface area contributed by atoms with Gasteiger partial charge in [-0.25, -0.2) is 0 Å². The molecule has 1 aromatic rings. The van der Waals surface area contributed by atoms with Crippen molar-refractivity contribution in [3.63, 3.8) is 0 Å². The molecular formula is C14H17NO6. The first-order valence-corrected chi connectivity index (χ1v) is 6.43. The monoisotopic (exact) mass is 295 g/mol. The van der Waals surface area contributed by atoms with Gasteiger partial charge in [0.1, 0.15) is 11.7 Å². The lowest BCUT2D eigenvalue weighted by molar-refractivity contribution is -0.485. The summed E-state index contributed by atoms with van der Waals surface area (Å²) in [6, 6.07) is 6.32. The van der Waals surface area contributed by atoms with E-state index in [1.165, 1.54) is 7.11 Å². The molecule has 0 spiro atoms. The minimum absolute atomic E-state index is 0.115. The fourth-order valence-electron chi connectivity index (χ4n) is 1.78. The molecule has 0 bridgehead atoms. The molecule has 7 heteroatoms. The van der Waals surface area contributed by atoms with Crippen LogP contribution in [0.1, 0.15) is 23.7 Å². The molecule has 114 valence electrons. The number of Topliss-reactive ketones (excluding diaryl/α,β-unsaturated/α-hetero) is 1. The Morgan fingerprint density at radius 2 is 1.90 bits per heavy atom. The van der Waals surface area contributed by atoms with Gasteiger partial charge in [-0.05, 0) is 31.2 Å². The third-order valence-electron chi connectivity index (χ3n) is 2.83. The van der Waals surface area contributed by atoms with Crippen LogP contribution < -0.4 is 4.74 Å². The van der Waals surface area contributed by atoms with Gasteiger partial charge in [0.2, 0.25) is 6.54 Å². The number of esters is 1. The van der Waals surface area contributed by atoms with Crippen LogP contribution in [0.25, 0.3) is 0 Å². The van der Waals surface area contributed by atoms with Crippen LogP contribution in [0.15, 0.2) is 24.3 Å². The number of methoxy groups -OCH3 is 1. The van der Waals surface area contributed by atoms with E-state index >= 15 is 0 Å². The van der Waals surface area contributed by atoms with E-state index in [0.717, 1.165) is 0 Å². The Morgan fingerprint density at radius 3 is 2.38 bits per heavy atom. The highest BCUT2D eigenvalue weighted by atomic mass is 16.6. The maximum Gasteiger partial charge on any atom is 0.316 e. The summed E-state index contributed by atoms with van der Waals surface area (Å²) in [4.78, 5) is 33.7. The summed E-state index contributed by atoms with van der Waals surface area (Å²) < 4.78 is 9.74. The molecule has 0 saturated heterocycles. The van der Waals surface area contributed by atoms with Gasteiger partial charge in [0.05, 0.1) is 13.7 Å². The lowest BCUT2D eigenvalue weighted by atomic mass is 9.98. The van der Waals surface area contributed by atoms with Gasteiger partial charge < -0.3 is 9.47 Å². The first-order chi connectivity index (χ1) is 9.97. The van der Waals surface area contributed by atoms with Crippen molar-refractivity contribution < 1.29 is 24.0 Å². The Morgan fingerprint density at radius 1 is 1.29 bits per heavy atom. The van der Waals surface area contributed by atoms with Gasteiger partial charge in [-0.2, -0.15) is 0 Å². The molecule has 0 aliphatic rings. The Labute approximate surface area is 122 Å². The molecule has 7 nitrogen and oxygen atoms in total. The average Bonchev–Trinajstić information content (AvgIpc) is 2.46. The topological polar surface area (TPSA) is 95.7 Å². The number of rotatable bonds is 8. The highest BCUT2D eigenvalue weighted by Gasteiger charge is 2.28. The lowest BCUT2D eigenvalue weighted by Gasteiger charge is -2.11. The molecular weight excluding hydrogens is 278 g/mol. The van der Waals surface area contributed by atoms with E-state index in [4.69, 9.17) is 9.47 Å². The van der Waals surface area contributed by atoms with Crippen LogP contribution >= 0.6 is 0 Å². The van der Waals surface area contributed by atoms with E-state index in [1.54, 1.807) is 31.2 Å². The molecule has 0 aliphatic heterocycles. The molecule has 1 rings (SSSR count). The minimum atomic E-state index is -1.07. The van der Waals surface area contributed by atoms with E-state index in [0.29, 0.717) is 11.3 Å². The largest absolute Gasteiger partial charge is 0.497 e. The van der Waals surface area contributed by atoms with Gasteiger partial charge in [0.25, 0.3) is 0 Å². The van der Waals surface area contributed by atoms with Gasteiger partial charge >= 0.3 is 5.97 Å². The standard InChI is InChI=1S/C14H17NO6/c1-3-21-14(17)11(9-15(18)19)8-13(16)10-4-6-12(20-2)7-5-10/h4-7,11H,3,8-9H2,1-2H3/t11-/m1/s1. The molecule has 1 atom stereocenters. The second-order valence-corrected chi connectivity index (χ2v) is 4.32. The summed E-state index contributed by atoms with van der Waals surface area (Å²) in [7, 11) is 1.50. The summed E-state index contributed by atoms with van der Waals surface area (Å²) in [5.41, 5.74) is 0.369. The number of carbonyl (C=O) groups excluding carboxylic acids is 2. The molecule has 0 unspecified atom stereocenters. The molecule has 0 aliphatic carbocycles. The SMILES string of the molecule is CCOC(=O)[C@H](CC(=O)c1ccc(OC)cc1)C[N+](=O)[O-]. The van der Waals surface area contributed by atoms with Gasteiger partial charge in [-0.15, -0.1) is 0 Å².